The van der Waals surface area contributed by atoms with Gasteiger partial charge in [0.2, 0.25) is 0 Å². The molecule has 0 aliphatic heterocycles. The van der Waals surface area contributed by atoms with Crippen LogP contribution in [0.1, 0.15) is 29.4 Å². The molecule has 1 unspecified atom stereocenters. The third-order valence-corrected chi connectivity index (χ3v) is 3.31. The SMILES string of the molecule is CCC(CO)NC(=O)c1cccn1Cc1ccccc1. The number of amides is 1. The van der Waals surface area contributed by atoms with E-state index in [1.165, 1.54) is 0 Å². The Hall–Kier alpha value is -2.07. The van der Waals surface area contributed by atoms with E-state index in [9.17, 15) is 4.79 Å². The van der Waals surface area contributed by atoms with E-state index in [2.05, 4.69) is 5.32 Å². The molecular weight excluding hydrogens is 252 g/mol. The Morgan fingerprint density at radius 3 is 2.65 bits per heavy atom. The van der Waals surface area contributed by atoms with Gasteiger partial charge in [-0.15, -0.1) is 0 Å². The van der Waals surface area contributed by atoms with Gasteiger partial charge in [-0.05, 0) is 24.1 Å². The lowest BCUT2D eigenvalue weighted by Gasteiger charge is -2.15. The highest BCUT2D eigenvalue weighted by Gasteiger charge is 2.14. The van der Waals surface area contributed by atoms with Crippen molar-refractivity contribution in [3.05, 3.63) is 59.9 Å². The summed E-state index contributed by atoms with van der Waals surface area (Å²) in [5, 5.41) is 12.0. The molecule has 0 aliphatic carbocycles. The Labute approximate surface area is 119 Å². The minimum atomic E-state index is -0.192. The highest BCUT2D eigenvalue weighted by molar-refractivity contribution is 5.93. The zero-order valence-corrected chi connectivity index (χ0v) is 11.6. The highest BCUT2D eigenvalue weighted by atomic mass is 16.3. The smallest absolute Gasteiger partial charge is 0.268 e. The second kappa shape index (κ2) is 6.91. The second-order valence-corrected chi connectivity index (χ2v) is 4.77. The number of aromatic nitrogens is 1. The predicted molar refractivity (Wildman–Crippen MR) is 78.6 cm³/mol. The van der Waals surface area contributed by atoms with Gasteiger partial charge in [0.1, 0.15) is 5.69 Å². The first kappa shape index (κ1) is 14.3. The van der Waals surface area contributed by atoms with Crippen molar-refractivity contribution in [2.75, 3.05) is 6.61 Å². The number of rotatable bonds is 6. The summed E-state index contributed by atoms with van der Waals surface area (Å²) in [4.78, 5) is 12.2. The normalized spacial score (nSPS) is 12.1. The van der Waals surface area contributed by atoms with Crippen LogP contribution in [-0.4, -0.2) is 28.2 Å². The molecule has 2 aromatic rings. The van der Waals surface area contributed by atoms with Crippen LogP contribution in [0, 0.1) is 0 Å². The van der Waals surface area contributed by atoms with E-state index in [-0.39, 0.29) is 18.6 Å². The fourth-order valence-corrected chi connectivity index (χ4v) is 2.07. The number of nitrogens with zero attached hydrogens (tertiary/aromatic N) is 1. The van der Waals surface area contributed by atoms with Gasteiger partial charge in [0.25, 0.3) is 5.91 Å². The van der Waals surface area contributed by atoms with Crippen molar-refractivity contribution in [2.24, 2.45) is 0 Å². The summed E-state index contributed by atoms with van der Waals surface area (Å²) in [6.45, 7) is 2.55. The molecule has 1 aromatic carbocycles. The largest absolute Gasteiger partial charge is 0.394 e. The quantitative estimate of drug-likeness (QED) is 0.845. The monoisotopic (exact) mass is 272 g/mol. The van der Waals surface area contributed by atoms with Crippen LogP contribution in [0.4, 0.5) is 0 Å². The number of aliphatic hydroxyl groups excluding tert-OH is 1. The van der Waals surface area contributed by atoms with Crippen molar-refractivity contribution in [1.29, 1.82) is 0 Å². The van der Waals surface area contributed by atoms with Crippen molar-refractivity contribution in [1.82, 2.24) is 9.88 Å². The van der Waals surface area contributed by atoms with Crippen LogP contribution in [0.5, 0.6) is 0 Å². The van der Waals surface area contributed by atoms with Gasteiger partial charge < -0.3 is 15.0 Å². The van der Waals surface area contributed by atoms with Gasteiger partial charge in [-0.1, -0.05) is 37.3 Å². The zero-order chi connectivity index (χ0) is 14.4. The molecule has 0 radical (unpaired) electrons. The summed E-state index contributed by atoms with van der Waals surface area (Å²) in [7, 11) is 0. The molecule has 0 fully saturated rings. The lowest BCUT2D eigenvalue weighted by atomic mass is 10.2. The van der Waals surface area contributed by atoms with Crippen LogP contribution in [0.15, 0.2) is 48.7 Å². The first-order chi connectivity index (χ1) is 9.74. The molecule has 1 heterocycles. The van der Waals surface area contributed by atoms with Gasteiger partial charge in [-0.3, -0.25) is 4.79 Å². The van der Waals surface area contributed by atoms with E-state index >= 15 is 0 Å². The van der Waals surface area contributed by atoms with Crippen molar-refractivity contribution in [3.8, 4) is 0 Å². The van der Waals surface area contributed by atoms with Crippen LogP contribution in [-0.2, 0) is 6.54 Å². The molecule has 0 spiro atoms. The van der Waals surface area contributed by atoms with Gasteiger partial charge in [-0.25, -0.2) is 0 Å². The van der Waals surface area contributed by atoms with Gasteiger partial charge in [0, 0.05) is 12.7 Å². The van der Waals surface area contributed by atoms with Crippen molar-refractivity contribution < 1.29 is 9.90 Å². The van der Waals surface area contributed by atoms with Crippen LogP contribution in [0.2, 0.25) is 0 Å². The Balaban J connectivity index is 2.10. The maximum Gasteiger partial charge on any atom is 0.268 e. The molecule has 0 bridgehead atoms. The average molecular weight is 272 g/mol. The first-order valence-electron chi connectivity index (χ1n) is 6.85. The Morgan fingerprint density at radius 2 is 2.00 bits per heavy atom. The molecule has 20 heavy (non-hydrogen) atoms. The van der Waals surface area contributed by atoms with Gasteiger partial charge in [0.15, 0.2) is 0 Å². The van der Waals surface area contributed by atoms with E-state index in [1.807, 2.05) is 54.1 Å². The molecule has 4 nitrogen and oxygen atoms in total. The fourth-order valence-electron chi connectivity index (χ4n) is 2.07. The summed E-state index contributed by atoms with van der Waals surface area (Å²) < 4.78 is 1.91. The lowest BCUT2D eigenvalue weighted by Crippen LogP contribution is -2.37. The second-order valence-electron chi connectivity index (χ2n) is 4.77. The van der Waals surface area contributed by atoms with Crippen LogP contribution in [0.3, 0.4) is 0 Å². The summed E-state index contributed by atoms with van der Waals surface area (Å²) >= 11 is 0. The number of hydrogen-bond acceptors (Lipinski definition) is 2. The summed E-state index contributed by atoms with van der Waals surface area (Å²) in [6.07, 6.45) is 2.60. The minimum absolute atomic E-state index is 0.0400. The summed E-state index contributed by atoms with van der Waals surface area (Å²) in [6, 6.07) is 13.5. The van der Waals surface area contributed by atoms with Crippen molar-refractivity contribution in [2.45, 2.75) is 25.9 Å². The number of carbonyl (C=O) groups is 1. The van der Waals surface area contributed by atoms with Crippen molar-refractivity contribution in [3.63, 3.8) is 0 Å². The van der Waals surface area contributed by atoms with E-state index in [0.29, 0.717) is 18.7 Å². The maximum atomic E-state index is 12.2. The molecule has 2 rings (SSSR count). The molecule has 106 valence electrons. The molecule has 0 saturated carbocycles. The molecule has 2 N–H and O–H groups in total. The molecule has 4 heteroatoms. The number of aliphatic hydroxyl groups is 1. The maximum absolute atomic E-state index is 12.2. The molecule has 0 aliphatic rings. The van der Waals surface area contributed by atoms with Crippen molar-refractivity contribution >= 4 is 5.91 Å². The van der Waals surface area contributed by atoms with Crippen LogP contribution < -0.4 is 5.32 Å². The van der Waals surface area contributed by atoms with Crippen LogP contribution in [0.25, 0.3) is 0 Å². The third kappa shape index (κ3) is 3.48. The molecule has 0 saturated heterocycles. The topological polar surface area (TPSA) is 54.3 Å². The first-order valence-corrected chi connectivity index (χ1v) is 6.85. The summed E-state index contributed by atoms with van der Waals surface area (Å²) in [5.74, 6) is -0.146. The van der Waals surface area contributed by atoms with E-state index < -0.39 is 0 Å². The minimum Gasteiger partial charge on any atom is -0.394 e. The van der Waals surface area contributed by atoms with Gasteiger partial charge >= 0.3 is 0 Å². The standard InChI is InChI=1S/C16H20N2O2/c1-2-14(12-19)17-16(20)15-9-6-10-18(15)11-13-7-4-3-5-8-13/h3-10,14,19H,2,11-12H2,1H3,(H,17,20). The fraction of sp³-hybridized carbons (Fsp3) is 0.312. The molecule has 1 aromatic heterocycles. The number of nitrogens with one attached hydrogen (secondary N) is 1. The van der Waals surface area contributed by atoms with E-state index in [1.54, 1.807) is 6.07 Å². The summed E-state index contributed by atoms with van der Waals surface area (Å²) in [5.41, 5.74) is 1.76. The number of benzene rings is 1. The van der Waals surface area contributed by atoms with Gasteiger partial charge in [0.05, 0.1) is 12.6 Å². The lowest BCUT2D eigenvalue weighted by molar-refractivity contribution is 0.0906. The van der Waals surface area contributed by atoms with Crippen LogP contribution >= 0.6 is 0 Å². The van der Waals surface area contributed by atoms with E-state index in [0.717, 1.165) is 5.56 Å². The molecule has 1 atom stereocenters. The van der Waals surface area contributed by atoms with Gasteiger partial charge in [-0.2, -0.15) is 0 Å². The predicted octanol–water partition coefficient (Wildman–Crippen LogP) is 2.04. The zero-order valence-electron chi connectivity index (χ0n) is 11.6. The number of hydrogen-bond donors (Lipinski definition) is 2. The third-order valence-electron chi connectivity index (χ3n) is 3.31. The molecule has 1 amide bonds. The average Bonchev–Trinajstić information content (AvgIpc) is 2.94. The Bertz CT molecular complexity index is 545. The molecular formula is C16H20N2O2. The number of carbonyl (C=O) groups excluding carboxylic acids is 1. The Morgan fingerprint density at radius 1 is 1.25 bits per heavy atom. The van der Waals surface area contributed by atoms with E-state index in [4.69, 9.17) is 5.11 Å². The Kier molecular flexibility index (Phi) is 4.96. The highest BCUT2D eigenvalue weighted by Crippen LogP contribution is 2.08.